The van der Waals surface area contributed by atoms with Crippen molar-refractivity contribution in [1.29, 1.82) is 0 Å². The summed E-state index contributed by atoms with van der Waals surface area (Å²) in [7, 11) is 0. The third kappa shape index (κ3) is 1.65. The van der Waals surface area contributed by atoms with Crippen LogP contribution in [-0.4, -0.2) is 16.7 Å². The molecular formula is C7H9NOS. The Morgan fingerprint density at radius 2 is 2.40 bits per heavy atom. The normalized spacial score (nSPS) is 9.70. The third-order valence-electron chi connectivity index (χ3n) is 1.28. The molecule has 0 aliphatic carbocycles. The number of hydrogen-bond acceptors (Lipinski definition) is 2. The minimum absolute atomic E-state index is 0.154. The minimum Gasteiger partial charge on any atom is -0.396 e. The molecule has 0 radical (unpaired) electrons. The van der Waals surface area contributed by atoms with Gasteiger partial charge in [0.1, 0.15) is 4.64 Å². The summed E-state index contributed by atoms with van der Waals surface area (Å²) in [5.74, 6) is 0. The Morgan fingerprint density at radius 3 is 3.00 bits per heavy atom. The highest BCUT2D eigenvalue weighted by molar-refractivity contribution is 7.71. The molecule has 0 amide bonds. The molecule has 0 atom stereocenters. The molecule has 2 N–H and O–H groups in total. The largest absolute Gasteiger partial charge is 0.396 e. The molecule has 1 rings (SSSR count). The quantitative estimate of drug-likeness (QED) is 0.631. The second kappa shape index (κ2) is 3.49. The van der Waals surface area contributed by atoms with Gasteiger partial charge >= 0.3 is 0 Å². The highest BCUT2D eigenvalue weighted by Gasteiger charge is 1.90. The number of aromatic amines is 1. The number of H-pyrrole nitrogens is 1. The first-order valence-corrected chi connectivity index (χ1v) is 3.53. The standard InChI is InChI=1S/C7H9NOS/c9-5-3-6-2-1-4-8-7(6)10/h1-2,4,9H,3,5H2,(H,8,10). The first-order valence-electron chi connectivity index (χ1n) is 3.12. The van der Waals surface area contributed by atoms with Gasteiger partial charge < -0.3 is 10.1 Å². The van der Waals surface area contributed by atoms with E-state index in [4.69, 9.17) is 17.3 Å². The second-order valence-electron chi connectivity index (χ2n) is 2.00. The van der Waals surface area contributed by atoms with Crippen molar-refractivity contribution in [3.8, 4) is 0 Å². The van der Waals surface area contributed by atoms with Crippen LogP contribution in [0.15, 0.2) is 18.3 Å². The monoisotopic (exact) mass is 155 g/mol. The maximum absolute atomic E-state index is 8.58. The molecule has 0 saturated carbocycles. The van der Waals surface area contributed by atoms with Gasteiger partial charge in [-0.25, -0.2) is 0 Å². The number of nitrogens with one attached hydrogen (secondary N) is 1. The van der Waals surface area contributed by atoms with Gasteiger partial charge in [0.2, 0.25) is 0 Å². The maximum atomic E-state index is 8.58. The Morgan fingerprint density at radius 1 is 1.60 bits per heavy atom. The van der Waals surface area contributed by atoms with E-state index in [1.54, 1.807) is 6.20 Å². The molecule has 3 heteroatoms. The smallest absolute Gasteiger partial charge is 0.106 e. The molecule has 0 aromatic carbocycles. The molecule has 0 bridgehead atoms. The summed E-state index contributed by atoms with van der Waals surface area (Å²) in [5, 5.41) is 8.58. The fraction of sp³-hybridized carbons (Fsp3) is 0.286. The van der Waals surface area contributed by atoms with Crippen molar-refractivity contribution in [1.82, 2.24) is 4.98 Å². The molecule has 0 unspecified atom stereocenters. The van der Waals surface area contributed by atoms with Gasteiger partial charge in [-0.3, -0.25) is 0 Å². The number of aliphatic hydroxyl groups is 1. The minimum atomic E-state index is 0.154. The maximum Gasteiger partial charge on any atom is 0.106 e. The number of rotatable bonds is 2. The second-order valence-corrected chi connectivity index (χ2v) is 2.41. The summed E-state index contributed by atoms with van der Waals surface area (Å²) in [5.41, 5.74) is 1.00. The van der Waals surface area contributed by atoms with Crippen molar-refractivity contribution in [2.24, 2.45) is 0 Å². The highest BCUT2D eigenvalue weighted by Crippen LogP contribution is 1.98. The summed E-state index contributed by atoms with van der Waals surface area (Å²) >= 11 is 4.95. The molecule has 10 heavy (non-hydrogen) atoms. The van der Waals surface area contributed by atoms with Crippen molar-refractivity contribution in [2.75, 3.05) is 6.61 Å². The SMILES string of the molecule is OCCc1ccc[nH]c1=S. The lowest BCUT2D eigenvalue weighted by Gasteiger charge is -1.95. The van der Waals surface area contributed by atoms with Gasteiger partial charge in [-0.15, -0.1) is 0 Å². The van der Waals surface area contributed by atoms with E-state index in [9.17, 15) is 0 Å². The summed E-state index contributed by atoms with van der Waals surface area (Å²) in [6, 6.07) is 3.79. The van der Waals surface area contributed by atoms with Crippen LogP contribution in [0.2, 0.25) is 0 Å². The van der Waals surface area contributed by atoms with Gasteiger partial charge in [0, 0.05) is 12.8 Å². The summed E-state index contributed by atoms with van der Waals surface area (Å²) in [6.45, 7) is 0.154. The van der Waals surface area contributed by atoms with E-state index in [0.717, 1.165) is 10.2 Å². The molecule has 1 aromatic rings. The van der Waals surface area contributed by atoms with Crippen LogP contribution in [0.3, 0.4) is 0 Å². The van der Waals surface area contributed by atoms with Gasteiger partial charge in [-0.05, 0) is 18.1 Å². The van der Waals surface area contributed by atoms with Crippen molar-refractivity contribution >= 4 is 12.2 Å². The van der Waals surface area contributed by atoms with E-state index in [0.29, 0.717) is 6.42 Å². The first-order chi connectivity index (χ1) is 4.84. The Bertz CT molecular complexity index is 256. The number of hydrogen-bond donors (Lipinski definition) is 2. The van der Waals surface area contributed by atoms with Crippen LogP contribution < -0.4 is 0 Å². The Labute approximate surface area is 64.5 Å². The lowest BCUT2D eigenvalue weighted by atomic mass is 10.2. The molecule has 1 aromatic heterocycles. The number of aliphatic hydroxyl groups excluding tert-OH is 1. The topological polar surface area (TPSA) is 36.0 Å². The van der Waals surface area contributed by atoms with E-state index in [1.165, 1.54) is 0 Å². The lowest BCUT2D eigenvalue weighted by Crippen LogP contribution is -1.91. The Hall–Kier alpha value is -0.670. The van der Waals surface area contributed by atoms with Crippen LogP contribution in [0.25, 0.3) is 0 Å². The molecule has 0 aliphatic rings. The summed E-state index contributed by atoms with van der Waals surface area (Å²) < 4.78 is 0.719. The Balaban J connectivity index is 2.92. The van der Waals surface area contributed by atoms with E-state index in [-0.39, 0.29) is 6.61 Å². The predicted octanol–water partition coefficient (Wildman–Crippen LogP) is 1.28. The zero-order valence-electron chi connectivity index (χ0n) is 5.50. The average Bonchev–Trinajstić information content (AvgIpc) is 1.94. The van der Waals surface area contributed by atoms with Crippen molar-refractivity contribution in [3.63, 3.8) is 0 Å². The molecule has 0 saturated heterocycles. The molecule has 2 nitrogen and oxygen atoms in total. The van der Waals surface area contributed by atoms with Crippen LogP contribution in [0.4, 0.5) is 0 Å². The zero-order valence-corrected chi connectivity index (χ0v) is 6.32. The van der Waals surface area contributed by atoms with Crippen LogP contribution in [0.1, 0.15) is 5.56 Å². The van der Waals surface area contributed by atoms with Gasteiger partial charge in [0.15, 0.2) is 0 Å². The average molecular weight is 155 g/mol. The van der Waals surface area contributed by atoms with Crippen LogP contribution in [-0.2, 0) is 6.42 Å². The van der Waals surface area contributed by atoms with Crippen LogP contribution >= 0.6 is 12.2 Å². The van der Waals surface area contributed by atoms with Crippen molar-refractivity contribution in [3.05, 3.63) is 28.5 Å². The summed E-state index contributed by atoms with van der Waals surface area (Å²) in [6.07, 6.45) is 2.42. The van der Waals surface area contributed by atoms with Crippen LogP contribution in [0.5, 0.6) is 0 Å². The molecule has 0 spiro atoms. The van der Waals surface area contributed by atoms with Crippen molar-refractivity contribution in [2.45, 2.75) is 6.42 Å². The molecule has 0 aliphatic heterocycles. The van der Waals surface area contributed by atoms with E-state index < -0.39 is 0 Å². The van der Waals surface area contributed by atoms with Crippen molar-refractivity contribution < 1.29 is 5.11 Å². The summed E-state index contributed by atoms with van der Waals surface area (Å²) in [4.78, 5) is 2.89. The van der Waals surface area contributed by atoms with Crippen LogP contribution in [0, 0.1) is 4.64 Å². The van der Waals surface area contributed by atoms with E-state index in [2.05, 4.69) is 4.98 Å². The lowest BCUT2D eigenvalue weighted by molar-refractivity contribution is 0.299. The number of pyridine rings is 1. The highest BCUT2D eigenvalue weighted by atomic mass is 32.1. The molecule has 54 valence electrons. The van der Waals surface area contributed by atoms with Gasteiger partial charge in [-0.2, -0.15) is 0 Å². The Kier molecular flexibility index (Phi) is 2.59. The predicted molar refractivity (Wildman–Crippen MR) is 42.4 cm³/mol. The third-order valence-corrected chi connectivity index (χ3v) is 1.66. The van der Waals surface area contributed by atoms with E-state index >= 15 is 0 Å². The van der Waals surface area contributed by atoms with Gasteiger partial charge in [0.05, 0.1) is 0 Å². The number of aromatic nitrogens is 1. The fourth-order valence-corrected chi connectivity index (χ4v) is 1.01. The molecule has 0 fully saturated rings. The molecular weight excluding hydrogens is 146 g/mol. The van der Waals surface area contributed by atoms with Gasteiger partial charge in [0.25, 0.3) is 0 Å². The molecule has 1 heterocycles. The fourth-order valence-electron chi connectivity index (χ4n) is 0.774. The van der Waals surface area contributed by atoms with Gasteiger partial charge in [-0.1, -0.05) is 18.3 Å². The zero-order chi connectivity index (χ0) is 7.40. The first kappa shape index (κ1) is 7.44. The van der Waals surface area contributed by atoms with E-state index in [1.807, 2.05) is 12.1 Å².